The third kappa shape index (κ3) is 3.29. The first-order valence-electron chi connectivity index (χ1n) is 7.82. The fourth-order valence-corrected chi connectivity index (χ4v) is 3.53. The van der Waals surface area contributed by atoms with Crippen molar-refractivity contribution >= 4 is 11.3 Å². The van der Waals surface area contributed by atoms with Gasteiger partial charge < -0.3 is 13.9 Å². The Bertz CT molecular complexity index is 814. The van der Waals surface area contributed by atoms with Gasteiger partial charge in [0.15, 0.2) is 11.5 Å². The highest BCUT2D eigenvalue weighted by Gasteiger charge is 2.13. The summed E-state index contributed by atoms with van der Waals surface area (Å²) in [6, 6.07) is 8.06. The minimum Gasteiger partial charge on any atom is -0.486 e. The monoisotopic (exact) mass is 342 g/mol. The molecule has 0 amide bonds. The van der Waals surface area contributed by atoms with Crippen LogP contribution in [0.2, 0.25) is 0 Å². The summed E-state index contributed by atoms with van der Waals surface area (Å²) in [6.07, 6.45) is 3.39. The molecular weight excluding hydrogens is 324 g/mol. The van der Waals surface area contributed by atoms with E-state index >= 15 is 0 Å². The van der Waals surface area contributed by atoms with E-state index < -0.39 is 0 Å². The largest absolute Gasteiger partial charge is 0.486 e. The van der Waals surface area contributed by atoms with E-state index in [0.717, 1.165) is 40.9 Å². The average Bonchev–Trinajstić information content (AvgIpc) is 3.26. The highest BCUT2D eigenvalue weighted by molar-refractivity contribution is 7.13. The molecule has 1 aliphatic heterocycles. The van der Waals surface area contributed by atoms with Crippen LogP contribution < -0.4 is 9.47 Å². The van der Waals surface area contributed by atoms with Crippen molar-refractivity contribution in [2.45, 2.75) is 13.1 Å². The van der Waals surface area contributed by atoms with Gasteiger partial charge in [0.05, 0.1) is 12.0 Å². The lowest BCUT2D eigenvalue weighted by Gasteiger charge is -2.20. The molecule has 0 fully saturated rings. The van der Waals surface area contributed by atoms with Crippen LogP contribution in [0.25, 0.3) is 10.6 Å². The average molecular weight is 342 g/mol. The summed E-state index contributed by atoms with van der Waals surface area (Å²) in [6.45, 7) is 2.86. The second kappa shape index (κ2) is 6.67. The molecule has 2 aromatic heterocycles. The van der Waals surface area contributed by atoms with Gasteiger partial charge >= 0.3 is 0 Å². The maximum Gasteiger partial charge on any atom is 0.161 e. The van der Waals surface area contributed by atoms with Crippen LogP contribution >= 0.6 is 11.3 Å². The lowest BCUT2D eigenvalue weighted by Crippen LogP contribution is -2.18. The molecule has 0 atom stereocenters. The molecule has 1 aromatic carbocycles. The topological polar surface area (TPSA) is 47.7 Å². The Morgan fingerprint density at radius 3 is 2.83 bits per heavy atom. The van der Waals surface area contributed by atoms with Crippen LogP contribution in [0.15, 0.2) is 46.6 Å². The molecule has 3 aromatic rings. The molecular formula is C18H18N2O3S. The normalized spacial score (nSPS) is 13.4. The Hall–Kier alpha value is -2.31. The highest BCUT2D eigenvalue weighted by Crippen LogP contribution is 2.31. The minimum atomic E-state index is 0.613. The second-order valence-corrected chi connectivity index (χ2v) is 6.66. The van der Waals surface area contributed by atoms with Gasteiger partial charge in [-0.05, 0) is 30.8 Å². The van der Waals surface area contributed by atoms with Gasteiger partial charge in [0.1, 0.15) is 24.5 Å². The molecule has 4 rings (SSSR count). The van der Waals surface area contributed by atoms with Crippen LogP contribution in [0, 0.1) is 0 Å². The number of rotatable bonds is 5. The molecule has 0 bridgehead atoms. The quantitative estimate of drug-likeness (QED) is 0.706. The van der Waals surface area contributed by atoms with Crippen molar-refractivity contribution in [1.29, 1.82) is 0 Å². The van der Waals surface area contributed by atoms with Gasteiger partial charge in [0, 0.05) is 24.0 Å². The van der Waals surface area contributed by atoms with Crippen LogP contribution in [-0.4, -0.2) is 30.1 Å². The van der Waals surface area contributed by atoms with Crippen LogP contribution in [0.1, 0.15) is 11.3 Å². The Labute approximate surface area is 144 Å². The lowest BCUT2D eigenvalue weighted by atomic mass is 10.2. The zero-order valence-electron chi connectivity index (χ0n) is 13.4. The smallest absolute Gasteiger partial charge is 0.161 e. The highest BCUT2D eigenvalue weighted by atomic mass is 32.1. The molecule has 0 saturated carbocycles. The predicted octanol–water partition coefficient (Wildman–Crippen LogP) is 3.81. The van der Waals surface area contributed by atoms with E-state index in [1.807, 2.05) is 12.1 Å². The summed E-state index contributed by atoms with van der Waals surface area (Å²) in [7, 11) is 2.09. The molecule has 124 valence electrons. The first-order chi connectivity index (χ1) is 11.8. The molecule has 0 unspecified atom stereocenters. The summed E-state index contributed by atoms with van der Waals surface area (Å²) < 4.78 is 16.3. The first-order valence-corrected chi connectivity index (χ1v) is 8.70. The summed E-state index contributed by atoms with van der Waals surface area (Å²) in [5.74, 6) is 1.67. The van der Waals surface area contributed by atoms with Crippen LogP contribution in [0.3, 0.4) is 0 Å². The van der Waals surface area contributed by atoms with Gasteiger partial charge in [-0.15, -0.1) is 11.3 Å². The van der Waals surface area contributed by atoms with Gasteiger partial charge in [-0.3, -0.25) is 4.90 Å². The fraction of sp³-hybridized carbons (Fsp3) is 0.278. The van der Waals surface area contributed by atoms with Crippen molar-refractivity contribution in [2.75, 3.05) is 20.3 Å². The number of aromatic nitrogens is 1. The Morgan fingerprint density at radius 1 is 1.12 bits per heavy atom. The SMILES string of the molecule is CN(Cc1ccc2c(c1)OCCO2)Cc1csc(-c2ccoc2)n1. The Balaban J connectivity index is 1.41. The molecule has 24 heavy (non-hydrogen) atoms. The maximum atomic E-state index is 5.65. The van der Waals surface area contributed by atoms with Gasteiger partial charge in [-0.1, -0.05) is 6.07 Å². The predicted molar refractivity (Wildman–Crippen MR) is 92.4 cm³/mol. The van der Waals surface area contributed by atoms with Crippen LogP contribution in [-0.2, 0) is 13.1 Å². The number of nitrogens with zero attached hydrogens (tertiary/aromatic N) is 2. The van der Waals surface area contributed by atoms with E-state index in [9.17, 15) is 0 Å². The van der Waals surface area contributed by atoms with Crippen molar-refractivity contribution in [3.63, 3.8) is 0 Å². The molecule has 1 aliphatic rings. The molecule has 0 aliphatic carbocycles. The lowest BCUT2D eigenvalue weighted by molar-refractivity contribution is 0.171. The van der Waals surface area contributed by atoms with E-state index in [1.165, 1.54) is 5.56 Å². The molecule has 0 N–H and O–H groups in total. The molecule has 6 heteroatoms. The van der Waals surface area contributed by atoms with Gasteiger partial charge in [-0.25, -0.2) is 4.98 Å². The number of thiazole rings is 1. The Morgan fingerprint density at radius 2 is 2.00 bits per heavy atom. The number of hydrogen-bond donors (Lipinski definition) is 0. The van der Waals surface area contributed by atoms with Crippen LogP contribution in [0.4, 0.5) is 0 Å². The summed E-state index contributed by atoms with van der Waals surface area (Å²) in [5, 5.41) is 3.09. The minimum absolute atomic E-state index is 0.613. The van der Waals surface area contributed by atoms with E-state index in [1.54, 1.807) is 23.9 Å². The Kier molecular flexibility index (Phi) is 4.23. The fourth-order valence-electron chi connectivity index (χ4n) is 2.73. The second-order valence-electron chi connectivity index (χ2n) is 5.81. The summed E-state index contributed by atoms with van der Waals surface area (Å²) in [4.78, 5) is 6.91. The van der Waals surface area contributed by atoms with E-state index in [0.29, 0.717) is 13.2 Å². The van der Waals surface area contributed by atoms with Crippen molar-refractivity contribution in [3.8, 4) is 22.1 Å². The van der Waals surface area contributed by atoms with Crippen LogP contribution in [0.5, 0.6) is 11.5 Å². The molecule has 3 heterocycles. The third-order valence-corrected chi connectivity index (χ3v) is 4.75. The standard InChI is InChI=1S/C18H18N2O3S/c1-20(9-13-2-3-16-17(8-13)23-7-6-22-16)10-15-12-24-18(19-15)14-4-5-21-11-14/h2-5,8,11-12H,6-7,9-10H2,1H3. The zero-order valence-corrected chi connectivity index (χ0v) is 14.2. The molecule has 5 nitrogen and oxygen atoms in total. The van der Waals surface area contributed by atoms with Crippen molar-refractivity contribution < 1.29 is 13.9 Å². The van der Waals surface area contributed by atoms with E-state index in [-0.39, 0.29) is 0 Å². The van der Waals surface area contributed by atoms with E-state index in [2.05, 4.69) is 34.4 Å². The number of ether oxygens (including phenoxy) is 2. The third-order valence-electron chi connectivity index (χ3n) is 3.81. The molecule has 0 saturated heterocycles. The maximum absolute atomic E-state index is 5.65. The van der Waals surface area contributed by atoms with Gasteiger partial charge in [0.25, 0.3) is 0 Å². The zero-order chi connectivity index (χ0) is 16.4. The number of fused-ring (bicyclic) bond motifs is 1. The van der Waals surface area contributed by atoms with Crippen molar-refractivity contribution in [3.05, 3.63) is 53.4 Å². The van der Waals surface area contributed by atoms with E-state index in [4.69, 9.17) is 13.9 Å². The van der Waals surface area contributed by atoms with Gasteiger partial charge in [-0.2, -0.15) is 0 Å². The summed E-state index contributed by atoms with van der Waals surface area (Å²) in [5.41, 5.74) is 3.30. The molecule has 0 radical (unpaired) electrons. The number of benzene rings is 1. The van der Waals surface area contributed by atoms with Crippen molar-refractivity contribution in [1.82, 2.24) is 9.88 Å². The molecule has 0 spiro atoms. The first kappa shape index (κ1) is 15.2. The number of hydrogen-bond acceptors (Lipinski definition) is 6. The van der Waals surface area contributed by atoms with Gasteiger partial charge in [0.2, 0.25) is 0 Å². The van der Waals surface area contributed by atoms with Crippen molar-refractivity contribution in [2.24, 2.45) is 0 Å². The summed E-state index contributed by atoms with van der Waals surface area (Å²) >= 11 is 1.64. The number of furan rings is 1.